The van der Waals surface area contributed by atoms with Gasteiger partial charge < -0.3 is 10.1 Å². The van der Waals surface area contributed by atoms with Crippen LogP contribution in [0.25, 0.3) is 0 Å². The average molecular weight is 201 g/mol. The topological polar surface area (TPSA) is 51.2 Å². The summed E-state index contributed by atoms with van der Waals surface area (Å²) < 4.78 is 4.89. The highest BCUT2D eigenvalue weighted by Crippen LogP contribution is 2.22. The van der Waals surface area contributed by atoms with E-state index in [0.717, 1.165) is 0 Å². The Morgan fingerprint density at radius 3 is 2.85 bits per heavy atom. The summed E-state index contributed by atoms with van der Waals surface area (Å²) >= 11 is 5.79. The third-order valence-electron chi connectivity index (χ3n) is 1.50. The number of ether oxygens (including phenoxy) is 1. The maximum Gasteiger partial charge on any atom is 0.269 e. The van der Waals surface area contributed by atoms with Crippen LogP contribution in [0, 0.1) is 0 Å². The van der Waals surface area contributed by atoms with E-state index in [1.165, 1.54) is 26.4 Å². The number of nitrogens with one attached hydrogen (secondary N) is 1. The third-order valence-corrected chi connectivity index (χ3v) is 1.79. The SMILES string of the molecule is CNC(=O)c1cc(Cl)c(OC)cn1. The summed E-state index contributed by atoms with van der Waals surface area (Å²) in [4.78, 5) is 15.0. The summed E-state index contributed by atoms with van der Waals surface area (Å²) in [6.45, 7) is 0. The van der Waals surface area contributed by atoms with Crippen molar-refractivity contribution in [2.24, 2.45) is 0 Å². The minimum absolute atomic E-state index is 0.272. The maximum absolute atomic E-state index is 11.1. The number of rotatable bonds is 2. The minimum atomic E-state index is -0.274. The molecule has 13 heavy (non-hydrogen) atoms. The molecule has 0 aliphatic heterocycles. The van der Waals surface area contributed by atoms with Crippen LogP contribution in [0.1, 0.15) is 10.5 Å². The van der Waals surface area contributed by atoms with Crippen molar-refractivity contribution in [3.63, 3.8) is 0 Å². The van der Waals surface area contributed by atoms with Crippen LogP contribution in [-0.2, 0) is 0 Å². The first-order valence-electron chi connectivity index (χ1n) is 3.60. The predicted molar refractivity (Wildman–Crippen MR) is 49.2 cm³/mol. The summed E-state index contributed by atoms with van der Waals surface area (Å²) in [6.07, 6.45) is 1.41. The van der Waals surface area contributed by atoms with Crippen LogP contribution in [-0.4, -0.2) is 25.0 Å². The van der Waals surface area contributed by atoms with Gasteiger partial charge in [0.15, 0.2) is 5.75 Å². The Balaban J connectivity index is 3.02. The summed E-state index contributed by atoms with van der Waals surface area (Å²) in [7, 11) is 3.02. The first-order chi connectivity index (χ1) is 6.19. The van der Waals surface area contributed by atoms with Gasteiger partial charge in [0.1, 0.15) is 5.69 Å². The summed E-state index contributed by atoms with van der Waals surface area (Å²) in [6, 6.07) is 1.46. The van der Waals surface area contributed by atoms with E-state index in [2.05, 4.69) is 10.3 Å². The molecule has 0 aliphatic rings. The second kappa shape index (κ2) is 4.09. The summed E-state index contributed by atoms with van der Waals surface area (Å²) in [5.41, 5.74) is 0.272. The van der Waals surface area contributed by atoms with Gasteiger partial charge in [-0.1, -0.05) is 11.6 Å². The minimum Gasteiger partial charge on any atom is -0.494 e. The number of carbonyl (C=O) groups is 1. The Hall–Kier alpha value is -1.29. The van der Waals surface area contributed by atoms with E-state index < -0.39 is 0 Å². The number of hydrogen-bond acceptors (Lipinski definition) is 3. The molecule has 5 heteroatoms. The molecule has 0 radical (unpaired) electrons. The number of hydrogen-bond donors (Lipinski definition) is 1. The van der Waals surface area contributed by atoms with Gasteiger partial charge in [-0.15, -0.1) is 0 Å². The highest BCUT2D eigenvalue weighted by Gasteiger charge is 2.08. The van der Waals surface area contributed by atoms with Crippen molar-refractivity contribution in [1.82, 2.24) is 10.3 Å². The van der Waals surface area contributed by atoms with E-state index in [0.29, 0.717) is 10.8 Å². The highest BCUT2D eigenvalue weighted by molar-refractivity contribution is 6.32. The molecule has 1 aromatic rings. The average Bonchev–Trinajstić information content (AvgIpc) is 2.16. The molecule has 4 nitrogen and oxygen atoms in total. The standard InChI is InChI=1S/C8H9ClN2O2/c1-10-8(12)6-3-5(9)7(13-2)4-11-6/h3-4H,1-2H3,(H,10,12). The van der Waals surface area contributed by atoms with Crippen molar-refractivity contribution in [2.45, 2.75) is 0 Å². The number of pyridine rings is 1. The molecule has 0 fully saturated rings. The van der Waals surface area contributed by atoms with Gasteiger partial charge in [-0.25, -0.2) is 4.98 Å². The van der Waals surface area contributed by atoms with Gasteiger partial charge in [0.25, 0.3) is 5.91 Å². The normalized spacial score (nSPS) is 9.46. The van der Waals surface area contributed by atoms with Crippen LogP contribution in [0.2, 0.25) is 5.02 Å². The van der Waals surface area contributed by atoms with Gasteiger partial charge in [-0.3, -0.25) is 4.79 Å². The molecule has 1 N–H and O–H groups in total. The van der Waals surface area contributed by atoms with Gasteiger partial charge in [-0.05, 0) is 6.07 Å². The van der Waals surface area contributed by atoms with Crippen molar-refractivity contribution in [1.29, 1.82) is 0 Å². The number of nitrogens with zero attached hydrogens (tertiary/aromatic N) is 1. The monoisotopic (exact) mass is 200 g/mol. The molecule has 1 heterocycles. The van der Waals surface area contributed by atoms with Crippen molar-refractivity contribution in [3.05, 3.63) is 23.0 Å². The van der Waals surface area contributed by atoms with Crippen LogP contribution >= 0.6 is 11.6 Å². The molecule has 0 atom stereocenters. The Kier molecular flexibility index (Phi) is 3.08. The fraction of sp³-hybridized carbons (Fsp3) is 0.250. The van der Waals surface area contributed by atoms with E-state index in [4.69, 9.17) is 16.3 Å². The van der Waals surface area contributed by atoms with E-state index >= 15 is 0 Å². The largest absolute Gasteiger partial charge is 0.494 e. The van der Waals surface area contributed by atoms with E-state index in [1.807, 2.05) is 0 Å². The molecule has 0 saturated heterocycles. The van der Waals surface area contributed by atoms with Gasteiger partial charge in [0.2, 0.25) is 0 Å². The van der Waals surface area contributed by atoms with Crippen LogP contribution in [0.3, 0.4) is 0 Å². The second-order valence-electron chi connectivity index (χ2n) is 2.28. The van der Waals surface area contributed by atoms with Crippen molar-refractivity contribution in [3.8, 4) is 5.75 Å². The zero-order valence-corrected chi connectivity index (χ0v) is 8.05. The molecule has 1 rings (SSSR count). The third kappa shape index (κ3) is 2.09. The molecule has 0 saturated carbocycles. The number of methoxy groups -OCH3 is 1. The Morgan fingerprint density at radius 2 is 2.38 bits per heavy atom. The summed E-state index contributed by atoms with van der Waals surface area (Å²) in [5, 5.41) is 2.82. The Morgan fingerprint density at radius 1 is 1.69 bits per heavy atom. The lowest BCUT2D eigenvalue weighted by Crippen LogP contribution is -2.19. The smallest absolute Gasteiger partial charge is 0.269 e. The van der Waals surface area contributed by atoms with Gasteiger partial charge in [-0.2, -0.15) is 0 Å². The van der Waals surface area contributed by atoms with Gasteiger partial charge in [0.05, 0.1) is 18.3 Å². The number of halogens is 1. The zero-order chi connectivity index (χ0) is 9.84. The van der Waals surface area contributed by atoms with Crippen molar-refractivity contribution in [2.75, 3.05) is 14.2 Å². The molecule has 0 unspecified atom stereocenters. The van der Waals surface area contributed by atoms with Gasteiger partial charge >= 0.3 is 0 Å². The molecule has 70 valence electrons. The number of aromatic nitrogens is 1. The first kappa shape index (κ1) is 9.80. The lowest BCUT2D eigenvalue weighted by atomic mass is 10.3. The molecule has 0 bridgehead atoms. The molecular weight excluding hydrogens is 192 g/mol. The van der Waals surface area contributed by atoms with E-state index in [9.17, 15) is 4.79 Å². The van der Waals surface area contributed by atoms with Crippen LogP contribution < -0.4 is 10.1 Å². The Bertz CT molecular complexity index is 328. The molecule has 1 amide bonds. The van der Waals surface area contributed by atoms with Crippen LogP contribution in [0.15, 0.2) is 12.3 Å². The van der Waals surface area contributed by atoms with Crippen molar-refractivity contribution >= 4 is 17.5 Å². The number of amides is 1. The van der Waals surface area contributed by atoms with Crippen molar-refractivity contribution < 1.29 is 9.53 Å². The summed E-state index contributed by atoms with van der Waals surface area (Å²) in [5.74, 6) is 0.180. The number of carbonyl (C=O) groups excluding carboxylic acids is 1. The fourth-order valence-corrected chi connectivity index (χ4v) is 1.05. The lowest BCUT2D eigenvalue weighted by Gasteiger charge is -2.03. The maximum atomic E-state index is 11.1. The Labute approximate surface area is 80.9 Å². The molecule has 1 aromatic heterocycles. The van der Waals surface area contributed by atoms with Crippen LogP contribution in [0.4, 0.5) is 0 Å². The van der Waals surface area contributed by atoms with Gasteiger partial charge in [0, 0.05) is 7.05 Å². The van der Waals surface area contributed by atoms with Crippen LogP contribution in [0.5, 0.6) is 5.75 Å². The lowest BCUT2D eigenvalue weighted by molar-refractivity contribution is 0.0958. The zero-order valence-electron chi connectivity index (χ0n) is 7.30. The quantitative estimate of drug-likeness (QED) is 0.778. The molecule has 0 aliphatic carbocycles. The second-order valence-corrected chi connectivity index (χ2v) is 2.69. The van der Waals surface area contributed by atoms with E-state index in [-0.39, 0.29) is 11.6 Å². The molecule has 0 aromatic carbocycles. The highest BCUT2D eigenvalue weighted by atomic mass is 35.5. The first-order valence-corrected chi connectivity index (χ1v) is 3.98. The fourth-order valence-electron chi connectivity index (χ4n) is 0.821. The predicted octanol–water partition coefficient (Wildman–Crippen LogP) is 1.10. The molecule has 0 spiro atoms. The van der Waals surface area contributed by atoms with E-state index in [1.54, 1.807) is 0 Å². The molecular formula is C8H9ClN2O2.